The molecule has 0 N–H and O–H groups in total. The van der Waals surface area contributed by atoms with Gasteiger partial charge in [0.25, 0.3) is 0 Å². The summed E-state index contributed by atoms with van der Waals surface area (Å²) in [5.41, 5.74) is 1.17. The van der Waals surface area contributed by atoms with Gasteiger partial charge in [-0.05, 0) is 58.2 Å². The van der Waals surface area contributed by atoms with Gasteiger partial charge in [-0.2, -0.15) is 0 Å². The summed E-state index contributed by atoms with van der Waals surface area (Å²) < 4.78 is 55.5. The fraction of sp³-hybridized carbons (Fsp3) is 0.523. The number of rotatable bonds is 16. The number of Topliss-reactive ketones (excluding diaryl/α,β-unsaturated/α-hetero) is 1. The fourth-order valence-corrected chi connectivity index (χ4v) is 6.10. The van der Waals surface area contributed by atoms with E-state index in [1.54, 1.807) is 41.5 Å². The summed E-state index contributed by atoms with van der Waals surface area (Å²) in [6, 6.07) is 29.3. The van der Waals surface area contributed by atoms with Crippen molar-refractivity contribution in [2.45, 2.75) is 117 Å². The van der Waals surface area contributed by atoms with Gasteiger partial charge in [-0.1, -0.05) is 91.0 Å². The molecule has 0 spiro atoms. The van der Waals surface area contributed by atoms with Crippen molar-refractivity contribution >= 4 is 17.7 Å². The Hall–Kier alpha value is -4.01. The maximum absolute atomic E-state index is 14.4. The normalized spacial score (nSPS) is 25.7. The molecule has 2 aliphatic heterocycles. The van der Waals surface area contributed by atoms with Crippen molar-refractivity contribution in [1.29, 1.82) is 0 Å². The molecule has 56 heavy (non-hydrogen) atoms. The maximum Gasteiger partial charge on any atom is 0.312 e. The van der Waals surface area contributed by atoms with Gasteiger partial charge in [0.15, 0.2) is 12.4 Å². The third-order valence-corrected chi connectivity index (χ3v) is 9.29. The fourth-order valence-electron chi connectivity index (χ4n) is 6.10. The van der Waals surface area contributed by atoms with Crippen LogP contribution in [0.3, 0.4) is 0 Å². The first-order chi connectivity index (χ1) is 26.7. The zero-order chi connectivity index (χ0) is 40.3. The Bertz CT molecular complexity index is 1670. The van der Waals surface area contributed by atoms with E-state index in [4.69, 9.17) is 42.6 Å². The summed E-state index contributed by atoms with van der Waals surface area (Å²) in [5.74, 6) is -1.75. The smallest absolute Gasteiger partial charge is 0.312 e. The van der Waals surface area contributed by atoms with E-state index in [9.17, 15) is 14.4 Å². The SMILES string of the molecule is CO[C@H]1O[C@H](COC(=O)C(C)(C)C)[C@@H](O[C@@H]2C[C@@H](OCc3ccccc3)[C@H](OCc3ccccc3)[C@@H](COCc3ccccc3)O2)C(=O)[C@H]1OC(=O)C(C)(C)C. The van der Waals surface area contributed by atoms with E-state index in [0.717, 1.165) is 16.7 Å². The molecule has 0 amide bonds. The second kappa shape index (κ2) is 19.9. The van der Waals surface area contributed by atoms with Gasteiger partial charge in [-0.25, -0.2) is 0 Å². The summed E-state index contributed by atoms with van der Waals surface area (Å²) in [6.07, 6.45) is -8.05. The minimum absolute atomic E-state index is 0.110. The van der Waals surface area contributed by atoms with Crippen LogP contribution in [0.15, 0.2) is 91.0 Å². The Morgan fingerprint density at radius 3 is 1.73 bits per heavy atom. The van der Waals surface area contributed by atoms with Crippen molar-refractivity contribution in [3.8, 4) is 0 Å². The molecule has 3 aromatic carbocycles. The van der Waals surface area contributed by atoms with Crippen molar-refractivity contribution in [3.63, 3.8) is 0 Å². The lowest BCUT2D eigenvalue weighted by molar-refractivity contribution is -0.312. The Labute approximate surface area is 330 Å². The molecule has 304 valence electrons. The average molecular weight is 777 g/mol. The first-order valence-corrected chi connectivity index (χ1v) is 19.1. The number of ketones is 1. The Kier molecular flexibility index (Phi) is 15.3. The number of benzene rings is 3. The van der Waals surface area contributed by atoms with Crippen LogP contribution in [0.1, 0.15) is 64.7 Å². The Morgan fingerprint density at radius 2 is 1.20 bits per heavy atom. The summed E-state index contributed by atoms with van der Waals surface area (Å²) in [4.78, 5) is 40.3. The number of carbonyl (C=O) groups excluding carboxylic acids is 3. The van der Waals surface area contributed by atoms with E-state index in [1.807, 2.05) is 91.0 Å². The minimum Gasteiger partial charge on any atom is -0.462 e. The van der Waals surface area contributed by atoms with Crippen LogP contribution < -0.4 is 0 Å². The number of esters is 2. The van der Waals surface area contributed by atoms with Crippen LogP contribution in [0.5, 0.6) is 0 Å². The lowest BCUT2D eigenvalue weighted by atomic mass is 9.95. The topological polar surface area (TPSA) is 134 Å². The molecule has 2 heterocycles. The molecule has 0 radical (unpaired) electrons. The number of ether oxygens (including phenoxy) is 9. The summed E-state index contributed by atoms with van der Waals surface area (Å²) in [6.45, 7) is 10.9. The second-order valence-electron chi connectivity index (χ2n) is 16.1. The molecular formula is C44H56O12. The highest BCUT2D eigenvalue weighted by atomic mass is 16.7. The quantitative estimate of drug-likeness (QED) is 0.150. The highest BCUT2D eigenvalue weighted by Gasteiger charge is 2.52. The van der Waals surface area contributed by atoms with E-state index in [1.165, 1.54) is 7.11 Å². The van der Waals surface area contributed by atoms with Crippen LogP contribution in [0.2, 0.25) is 0 Å². The maximum atomic E-state index is 14.4. The summed E-state index contributed by atoms with van der Waals surface area (Å²) in [5, 5.41) is 0. The van der Waals surface area contributed by atoms with E-state index in [-0.39, 0.29) is 32.8 Å². The highest BCUT2D eigenvalue weighted by Crippen LogP contribution is 2.33. The Morgan fingerprint density at radius 1 is 0.661 bits per heavy atom. The van der Waals surface area contributed by atoms with Gasteiger partial charge in [0.1, 0.15) is 24.9 Å². The van der Waals surface area contributed by atoms with Crippen LogP contribution in [0, 0.1) is 10.8 Å². The zero-order valence-corrected chi connectivity index (χ0v) is 33.4. The van der Waals surface area contributed by atoms with E-state index >= 15 is 0 Å². The van der Waals surface area contributed by atoms with Crippen molar-refractivity contribution in [2.24, 2.45) is 10.8 Å². The van der Waals surface area contributed by atoms with Gasteiger partial charge in [0, 0.05) is 13.5 Å². The third kappa shape index (κ3) is 12.2. The molecule has 0 aromatic heterocycles. The predicted octanol–water partition coefficient (Wildman–Crippen LogP) is 6.36. The first kappa shape index (κ1) is 43.1. The molecule has 0 unspecified atom stereocenters. The molecule has 2 fully saturated rings. The van der Waals surface area contributed by atoms with Crippen LogP contribution in [-0.4, -0.2) is 87.2 Å². The Balaban J connectivity index is 1.44. The van der Waals surface area contributed by atoms with Gasteiger partial charge in [-0.15, -0.1) is 0 Å². The number of hydrogen-bond acceptors (Lipinski definition) is 12. The second-order valence-corrected chi connectivity index (χ2v) is 16.1. The minimum atomic E-state index is -1.47. The van der Waals surface area contributed by atoms with Crippen LogP contribution >= 0.6 is 0 Å². The molecule has 0 bridgehead atoms. The highest BCUT2D eigenvalue weighted by molar-refractivity contribution is 5.91. The monoisotopic (exact) mass is 776 g/mol. The largest absolute Gasteiger partial charge is 0.462 e. The molecular weight excluding hydrogens is 720 g/mol. The number of methoxy groups -OCH3 is 1. The summed E-state index contributed by atoms with van der Waals surface area (Å²) >= 11 is 0. The molecule has 12 nitrogen and oxygen atoms in total. The van der Waals surface area contributed by atoms with E-state index in [0.29, 0.717) is 6.61 Å². The molecule has 8 atom stereocenters. The summed E-state index contributed by atoms with van der Waals surface area (Å²) in [7, 11) is 1.34. The molecule has 12 heteroatoms. The van der Waals surface area contributed by atoms with E-state index < -0.39 is 77.8 Å². The zero-order valence-electron chi connectivity index (χ0n) is 33.4. The number of hydrogen-bond donors (Lipinski definition) is 0. The van der Waals surface area contributed by atoms with Gasteiger partial charge in [0.05, 0.1) is 43.4 Å². The van der Waals surface area contributed by atoms with Gasteiger partial charge < -0.3 is 42.6 Å². The molecule has 5 rings (SSSR count). The van der Waals surface area contributed by atoms with Crippen LogP contribution in [-0.2, 0) is 76.8 Å². The molecule has 0 saturated carbocycles. The number of carbonyl (C=O) groups is 3. The standard InChI is InChI=1S/C44H56O12/c1-43(2,3)41(46)52-28-34-38(36(45)39(40(48-7)54-34)56-42(47)44(4,5)6)55-35-23-32(50-25-30-19-13-9-14-20-30)37(51-26-31-21-15-10-16-22-31)33(53-35)27-49-24-29-17-11-8-12-18-29/h8-22,32-35,37-40H,23-28H2,1-7H3/t32-,33-,34-,35-,37+,38-,39-,40+/m1/s1. The molecule has 0 aliphatic carbocycles. The van der Waals surface area contributed by atoms with Gasteiger partial charge >= 0.3 is 11.9 Å². The van der Waals surface area contributed by atoms with Crippen molar-refractivity contribution in [1.82, 2.24) is 0 Å². The molecule has 3 aromatic rings. The van der Waals surface area contributed by atoms with Gasteiger partial charge in [-0.3, -0.25) is 14.4 Å². The lowest BCUT2D eigenvalue weighted by Crippen LogP contribution is -2.61. The van der Waals surface area contributed by atoms with E-state index in [2.05, 4.69) is 0 Å². The first-order valence-electron chi connectivity index (χ1n) is 19.1. The predicted molar refractivity (Wildman–Crippen MR) is 205 cm³/mol. The molecule has 2 aliphatic rings. The lowest BCUT2D eigenvalue weighted by Gasteiger charge is -2.44. The van der Waals surface area contributed by atoms with Crippen LogP contribution in [0.25, 0.3) is 0 Å². The van der Waals surface area contributed by atoms with Crippen molar-refractivity contribution in [2.75, 3.05) is 20.3 Å². The molecule has 2 saturated heterocycles. The van der Waals surface area contributed by atoms with Crippen molar-refractivity contribution in [3.05, 3.63) is 108 Å². The van der Waals surface area contributed by atoms with Crippen molar-refractivity contribution < 1.29 is 57.0 Å². The average Bonchev–Trinajstić information content (AvgIpc) is 3.18. The van der Waals surface area contributed by atoms with Crippen LogP contribution in [0.4, 0.5) is 0 Å². The van der Waals surface area contributed by atoms with Gasteiger partial charge in [0.2, 0.25) is 18.2 Å². The third-order valence-electron chi connectivity index (χ3n) is 9.29.